The van der Waals surface area contributed by atoms with Crippen molar-refractivity contribution in [1.29, 1.82) is 0 Å². The summed E-state index contributed by atoms with van der Waals surface area (Å²) in [5, 5.41) is 13.5. The highest BCUT2D eigenvalue weighted by molar-refractivity contribution is 6.17. The van der Waals surface area contributed by atoms with Gasteiger partial charge in [0.1, 0.15) is 44.7 Å². The molecule has 18 aromatic carbocycles. The molecule has 0 atom stereocenters. The minimum atomic E-state index is 0.826. The van der Waals surface area contributed by atoms with Crippen LogP contribution in [0.25, 0.3) is 187 Å². The second-order valence-corrected chi connectivity index (χ2v) is 28.6. The van der Waals surface area contributed by atoms with Gasteiger partial charge in [0, 0.05) is 89.1 Å². The summed E-state index contributed by atoms with van der Waals surface area (Å²) in [5.74, 6) is 0. The van der Waals surface area contributed by atoms with Crippen LogP contribution in [0.3, 0.4) is 0 Å². The molecule has 0 aliphatic heterocycles. The van der Waals surface area contributed by atoms with Gasteiger partial charge in [-0.05, 0) is 198 Å². The summed E-state index contributed by atoms with van der Waals surface area (Å²) in [7, 11) is 0. The van der Waals surface area contributed by atoms with Gasteiger partial charge >= 0.3 is 0 Å². The van der Waals surface area contributed by atoms with Crippen LogP contribution in [0, 0.1) is 0 Å². The van der Waals surface area contributed by atoms with Gasteiger partial charge in [-0.3, -0.25) is 0 Å². The molecule has 0 aliphatic carbocycles. The van der Waals surface area contributed by atoms with Crippen LogP contribution in [0.15, 0.2) is 406 Å². The van der Waals surface area contributed by atoms with E-state index in [1.54, 1.807) is 0 Å². The molecule has 6 nitrogen and oxygen atoms in total. The number of anilines is 6. The molecule has 0 N–H and O–H groups in total. The first kappa shape index (κ1) is 62.6. The lowest BCUT2D eigenvalue weighted by Crippen LogP contribution is -2.11. The van der Waals surface area contributed by atoms with Crippen molar-refractivity contribution in [2.24, 2.45) is 0 Å². The second-order valence-electron chi connectivity index (χ2n) is 28.6. The van der Waals surface area contributed by atoms with Crippen LogP contribution in [0.1, 0.15) is 0 Å². The smallest absolute Gasteiger partial charge is 0.137 e. The Kier molecular flexibility index (Phi) is 14.5. The maximum atomic E-state index is 6.82. The Morgan fingerprint density at radius 3 is 1.12 bits per heavy atom. The molecule has 22 aromatic rings. The molecule has 0 spiro atoms. The normalized spacial score (nSPS) is 11.8. The van der Waals surface area contributed by atoms with Crippen molar-refractivity contribution in [2.45, 2.75) is 0 Å². The number of hydrogen-bond donors (Lipinski definition) is 0. The molecule has 4 aromatic heterocycles. The number of para-hydroxylation sites is 5. The van der Waals surface area contributed by atoms with Crippen molar-refractivity contribution < 1.29 is 17.7 Å². The standard InChI is InChI=1S/C104H64N2O4/c1-2-23-79-68(18-1)19-14-29-80(79)69-46-42-67(43-47-69)71-20-13-22-76(61-71)106(78-55-58-88-86-27-6-11-36-96(86)110-102(88)64-78)94-34-9-4-25-84(94)90-32-17-39-100-104(90)92-62-73(51-59-98(92)108-100)72-50-56-82-74(60-72)21-15-30-81(82)70-44-40-65(41-45-70)66-48-52-75(53-49-66)105(77-54-57-87-85-26-5-10-35-95(85)109-101(87)63-77)93-33-8-3-24-83(93)89-31-16-38-99-103(89)91-28-7-12-37-97(91)107-99/h1-64H. The summed E-state index contributed by atoms with van der Waals surface area (Å²) in [6.45, 7) is 0. The van der Waals surface area contributed by atoms with Crippen molar-refractivity contribution in [3.63, 3.8) is 0 Å². The molecular weight excluding hydrogens is 1340 g/mol. The van der Waals surface area contributed by atoms with E-state index < -0.39 is 0 Å². The molecule has 0 unspecified atom stereocenters. The maximum absolute atomic E-state index is 6.82. The Bertz CT molecular complexity index is 7410. The van der Waals surface area contributed by atoms with Gasteiger partial charge in [0.05, 0.1) is 11.4 Å². The van der Waals surface area contributed by atoms with Crippen LogP contribution in [0.4, 0.5) is 34.1 Å². The minimum Gasteiger partial charge on any atom is -0.456 e. The van der Waals surface area contributed by atoms with Crippen molar-refractivity contribution in [3.8, 4) is 77.9 Å². The number of furan rings is 4. The van der Waals surface area contributed by atoms with Crippen LogP contribution < -0.4 is 9.80 Å². The van der Waals surface area contributed by atoms with Crippen molar-refractivity contribution in [1.82, 2.24) is 0 Å². The number of hydrogen-bond acceptors (Lipinski definition) is 6. The van der Waals surface area contributed by atoms with Gasteiger partial charge in [-0.1, -0.05) is 267 Å². The zero-order chi connectivity index (χ0) is 72.3. The molecule has 0 amide bonds. The highest BCUT2D eigenvalue weighted by atomic mass is 16.3. The van der Waals surface area contributed by atoms with Crippen LogP contribution in [-0.2, 0) is 0 Å². The van der Waals surface area contributed by atoms with Gasteiger partial charge in [0.2, 0.25) is 0 Å². The predicted octanol–water partition coefficient (Wildman–Crippen LogP) is 30.2. The lowest BCUT2D eigenvalue weighted by molar-refractivity contribution is 0.668. The van der Waals surface area contributed by atoms with E-state index in [2.05, 4.69) is 362 Å². The minimum absolute atomic E-state index is 0.826. The first-order valence-electron chi connectivity index (χ1n) is 37.4. The van der Waals surface area contributed by atoms with Crippen molar-refractivity contribution >= 4 is 143 Å². The largest absolute Gasteiger partial charge is 0.456 e. The molecule has 0 bridgehead atoms. The summed E-state index contributed by atoms with van der Waals surface area (Å²) in [4.78, 5) is 4.73. The summed E-state index contributed by atoms with van der Waals surface area (Å²) < 4.78 is 26.4. The van der Waals surface area contributed by atoms with E-state index in [0.29, 0.717) is 0 Å². The number of nitrogens with zero attached hydrogens (tertiary/aromatic N) is 2. The predicted molar refractivity (Wildman–Crippen MR) is 458 cm³/mol. The van der Waals surface area contributed by atoms with Crippen LogP contribution in [0.5, 0.6) is 0 Å². The lowest BCUT2D eigenvalue weighted by Gasteiger charge is -2.28. The highest BCUT2D eigenvalue weighted by Crippen LogP contribution is 2.50. The average Bonchev–Trinajstić information content (AvgIpc) is 1.55. The maximum Gasteiger partial charge on any atom is 0.137 e. The first-order chi connectivity index (χ1) is 54.5. The Morgan fingerprint density at radius 2 is 0.500 bits per heavy atom. The molecule has 22 rings (SSSR count). The van der Waals surface area contributed by atoms with Crippen LogP contribution >= 0.6 is 0 Å². The third-order valence-electron chi connectivity index (χ3n) is 22.3. The summed E-state index contributed by atoms with van der Waals surface area (Å²) in [6.07, 6.45) is 0. The Balaban J connectivity index is 0.587. The van der Waals surface area contributed by atoms with Crippen molar-refractivity contribution in [3.05, 3.63) is 388 Å². The average molecular weight is 1410 g/mol. The van der Waals surface area contributed by atoms with Crippen molar-refractivity contribution in [2.75, 3.05) is 9.80 Å². The molecule has 110 heavy (non-hydrogen) atoms. The SMILES string of the molecule is c1cc(-c2ccc(-c3cccc4ccccc34)cc2)cc(N(c2ccc3c(c2)oc2ccccc23)c2ccccc2-c2cccc3oc4ccc(-c5ccc6c(-c7ccc(-c8ccc(N(c9ccc%10c(c9)oc9ccccc9%10)c9ccccc9-c9cccc%10oc%11ccccc%11c9%10)cc8)cc7)cccc6c5)cc4c23)c1. The number of benzene rings is 18. The summed E-state index contributed by atoms with van der Waals surface area (Å²) in [5.41, 5.74) is 28.6. The molecule has 0 saturated carbocycles. The monoisotopic (exact) mass is 1400 g/mol. The van der Waals surface area contributed by atoms with Gasteiger partial charge in [-0.2, -0.15) is 0 Å². The van der Waals surface area contributed by atoms with E-state index in [-0.39, 0.29) is 0 Å². The fourth-order valence-corrected chi connectivity index (χ4v) is 17.1. The third-order valence-corrected chi connectivity index (χ3v) is 22.3. The Labute approximate surface area is 633 Å². The molecule has 0 fully saturated rings. The first-order valence-corrected chi connectivity index (χ1v) is 37.4. The molecule has 0 aliphatic rings. The summed E-state index contributed by atoms with van der Waals surface area (Å²) in [6, 6.07) is 139. The van der Waals surface area contributed by atoms with Crippen LogP contribution in [-0.4, -0.2) is 0 Å². The van der Waals surface area contributed by atoms with E-state index in [0.717, 1.165) is 188 Å². The lowest BCUT2D eigenvalue weighted by atomic mass is 9.93. The molecule has 6 heteroatoms. The fourth-order valence-electron chi connectivity index (χ4n) is 17.1. The second kappa shape index (κ2) is 25.5. The van der Waals surface area contributed by atoms with Gasteiger partial charge < -0.3 is 27.5 Å². The fraction of sp³-hybridized carbons (Fsp3) is 0. The molecular formula is C104H64N2O4. The van der Waals surface area contributed by atoms with Gasteiger partial charge in [-0.25, -0.2) is 0 Å². The molecule has 4 heterocycles. The highest BCUT2D eigenvalue weighted by Gasteiger charge is 2.26. The Morgan fingerprint density at radius 1 is 0.155 bits per heavy atom. The van der Waals surface area contributed by atoms with Gasteiger partial charge in [0.15, 0.2) is 0 Å². The summed E-state index contributed by atoms with van der Waals surface area (Å²) >= 11 is 0. The zero-order valence-corrected chi connectivity index (χ0v) is 59.5. The molecule has 514 valence electrons. The number of rotatable bonds is 13. The molecule has 0 radical (unpaired) electrons. The Hall–Kier alpha value is -14.7. The van der Waals surface area contributed by atoms with Crippen LogP contribution in [0.2, 0.25) is 0 Å². The van der Waals surface area contributed by atoms with E-state index in [1.807, 2.05) is 36.4 Å². The topological polar surface area (TPSA) is 59.0 Å². The van der Waals surface area contributed by atoms with Gasteiger partial charge in [0.25, 0.3) is 0 Å². The van der Waals surface area contributed by atoms with E-state index in [9.17, 15) is 0 Å². The quantitative estimate of drug-likeness (QED) is 0.115. The zero-order valence-electron chi connectivity index (χ0n) is 59.5. The van der Waals surface area contributed by atoms with Gasteiger partial charge in [-0.15, -0.1) is 0 Å². The number of fused-ring (bicyclic) bond motifs is 14. The molecule has 0 saturated heterocycles. The third kappa shape index (κ3) is 10.5. The van der Waals surface area contributed by atoms with E-state index in [4.69, 9.17) is 17.7 Å². The van der Waals surface area contributed by atoms with E-state index >= 15 is 0 Å². The van der Waals surface area contributed by atoms with E-state index in [1.165, 1.54) is 32.8 Å².